The van der Waals surface area contributed by atoms with Gasteiger partial charge in [0.25, 0.3) is 5.91 Å². The largest absolute Gasteiger partial charge is 0.495 e. The zero-order valence-electron chi connectivity index (χ0n) is 15.6. The molecule has 1 aliphatic rings. The van der Waals surface area contributed by atoms with E-state index >= 15 is 0 Å². The van der Waals surface area contributed by atoms with Crippen molar-refractivity contribution in [3.8, 4) is 5.75 Å². The lowest BCUT2D eigenvalue weighted by molar-refractivity contribution is -0.158. The minimum atomic E-state index is -1.20. The predicted molar refractivity (Wildman–Crippen MR) is 94.3 cm³/mol. The fraction of sp³-hybridized carbons (Fsp3) is 0.444. The van der Waals surface area contributed by atoms with Crippen LogP contribution in [0.15, 0.2) is 18.2 Å². The van der Waals surface area contributed by atoms with Crippen LogP contribution in [0.5, 0.6) is 5.75 Å². The van der Waals surface area contributed by atoms with Gasteiger partial charge in [-0.25, -0.2) is 4.79 Å². The molecule has 0 unspecified atom stereocenters. The van der Waals surface area contributed by atoms with E-state index < -0.39 is 30.0 Å². The van der Waals surface area contributed by atoms with E-state index in [0.29, 0.717) is 11.4 Å². The van der Waals surface area contributed by atoms with Crippen LogP contribution in [0.2, 0.25) is 0 Å². The molecule has 0 spiro atoms. The SMILES string of the molecule is COC(=O)NC(=O)[C@H](C)OC(=O)[C@H]1CC(=O)N(c2cc(C)ccc2OC)C1. The van der Waals surface area contributed by atoms with Crippen LogP contribution in [0.25, 0.3) is 0 Å². The quantitative estimate of drug-likeness (QED) is 0.766. The zero-order chi connectivity index (χ0) is 20.1. The lowest BCUT2D eigenvalue weighted by Gasteiger charge is -2.20. The van der Waals surface area contributed by atoms with E-state index in [1.54, 1.807) is 12.1 Å². The predicted octanol–water partition coefficient (Wildman–Crippen LogP) is 1.17. The summed E-state index contributed by atoms with van der Waals surface area (Å²) in [6.45, 7) is 3.33. The van der Waals surface area contributed by atoms with Crippen LogP contribution in [0, 0.1) is 12.8 Å². The fourth-order valence-electron chi connectivity index (χ4n) is 2.69. The third kappa shape index (κ3) is 4.75. The Labute approximate surface area is 156 Å². The number of carbonyl (C=O) groups excluding carboxylic acids is 4. The number of nitrogens with zero attached hydrogens (tertiary/aromatic N) is 1. The second-order valence-electron chi connectivity index (χ2n) is 6.14. The van der Waals surface area contributed by atoms with E-state index in [4.69, 9.17) is 9.47 Å². The van der Waals surface area contributed by atoms with Crippen LogP contribution in [0.4, 0.5) is 10.5 Å². The second kappa shape index (κ2) is 8.52. The molecule has 0 saturated carbocycles. The molecule has 2 atom stereocenters. The van der Waals surface area contributed by atoms with E-state index in [1.807, 2.05) is 18.3 Å². The van der Waals surface area contributed by atoms with Gasteiger partial charge in [0.1, 0.15) is 5.75 Å². The van der Waals surface area contributed by atoms with Crippen molar-refractivity contribution in [2.75, 3.05) is 25.7 Å². The first-order valence-electron chi connectivity index (χ1n) is 8.31. The van der Waals surface area contributed by atoms with Crippen molar-refractivity contribution >= 4 is 29.6 Å². The highest BCUT2D eigenvalue weighted by Gasteiger charge is 2.38. The highest BCUT2D eigenvalue weighted by Crippen LogP contribution is 2.34. The summed E-state index contributed by atoms with van der Waals surface area (Å²) in [5, 5.41) is 1.92. The number of ether oxygens (including phenoxy) is 3. The van der Waals surface area contributed by atoms with E-state index in [-0.39, 0.29) is 18.9 Å². The van der Waals surface area contributed by atoms with Crippen molar-refractivity contribution in [2.45, 2.75) is 26.4 Å². The van der Waals surface area contributed by atoms with Gasteiger partial charge in [0.2, 0.25) is 5.91 Å². The molecule has 0 aromatic heterocycles. The summed E-state index contributed by atoms with van der Waals surface area (Å²) in [4.78, 5) is 49.0. The summed E-state index contributed by atoms with van der Waals surface area (Å²) in [6.07, 6.45) is -2.19. The Balaban J connectivity index is 2.04. The summed E-state index contributed by atoms with van der Waals surface area (Å²) < 4.78 is 14.7. The first kappa shape index (κ1) is 20.2. The molecule has 1 heterocycles. The normalized spacial score (nSPS) is 17.3. The number of alkyl carbamates (subject to hydrolysis) is 1. The number of hydrogen-bond acceptors (Lipinski definition) is 7. The van der Waals surface area contributed by atoms with Gasteiger partial charge >= 0.3 is 12.1 Å². The average molecular weight is 378 g/mol. The Morgan fingerprint density at radius 3 is 2.59 bits per heavy atom. The zero-order valence-corrected chi connectivity index (χ0v) is 15.6. The maximum absolute atomic E-state index is 12.4. The fourth-order valence-corrected chi connectivity index (χ4v) is 2.69. The van der Waals surface area contributed by atoms with Crippen LogP contribution >= 0.6 is 0 Å². The van der Waals surface area contributed by atoms with Crippen LogP contribution in [0.1, 0.15) is 18.9 Å². The third-order valence-corrected chi connectivity index (χ3v) is 4.16. The van der Waals surface area contributed by atoms with Crippen molar-refractivity contribution < 1.29 is 33.4 Å². The lowest BCUT2D eigenvalue weighted by Crippen LogP contribution is -2.40. The molecule has 1 N–H and O–H groups in total. The van der Waals surface area contributed by atoms with Crippen LogP contribution in [-0.2, 0) is 23.9 Å². The highest BCUT2D eigenvalue weighted by molar-refractivity contribution is 6.01. The number of carbonyl (C=O) groups is 4. The molecule has 1 aromatic carbocycles. The molecule has 9 heteroatoms. The van der Waals surface area contributed by atoms with E-state index in [0.717, 1.165) is 12.7 Å². The molecule has 1 fully saturated rings. The van der Waals surface area contributed by atoms with Gasteiger partial charge in [-0.15, -0.1) is 0 Å². The van der Waals surface area contributed by atoms with Crippen molar-refractivity contribution in [2.24, 2.45) is 5.92 Å². The number of amides is 3. The first-order valence-corrected chi connectivity index (χ1v) is 8.31. The van der Waals surface area contributed by atoms with Gasteiger partial charge in [-0.1, -0.05) is 6.07 Å². The number of hydrogen-bond donors (Lipinski definition) is 1. The molecule has 1 aromatic rings. The Hall–Kier alpha value is -3.10. The van der Waals surface area contributed by atoms with Gasteiger partial charge in [-0.3, -0.25) is 19.7 Å². The second-order valence-corrected chi connectivity index (χ2v) is 6.14. The molecule has 0 bridgehead atoms. The lowest BCUT2D eigenvalue weighted by atomic mass is 10.1. The summed E-state index contributed by atoms with van der Waals surface area (Å²) in [5.41, 5.74) is 1.52. The van der Waals surface area contributed by atoms with Crippen molar-refractivity contribution in [3.05, 3.63) is 23.8 Å². The highest BCUT2D eigenvalue weighted by atomic mass is 16.6. The Kier molecular flexibility index (Phi) is 6.38. The van der Waals surface area contributed by atoms with Gasteiger partial charge in [0, 0.05) is 13.0 Å². The minimum Gasteiger partial charge on any atom is -0.495 e. The molecule has 9 nitrogen and oxygen atoms in total. The summed E-state index contributed by atoms with van der Waals surface area (Å²) in [6, 6.07) is 5.41. The van der Waals surface area contributed by atoms with E-state index in [2.05, 4.69) is 4.74 Å². The van der Waals surface area contributed by atoms with Gasteiger partial charge < -0.3 is 19.1 Å². The van der Waals surface area contributed by atoms with Crippen LogP contribution in [0.3, 0.4) is 0 Å². The molecule has 1 saturated heterocycles. The molecule has 146 valence electrons. The Bertz CT molecular complexity index is 762. The number of methoxy groups -OCH3 is 2. The van der Waals surface area contributed by atoms with E-state index in [1.165, 1.54) is 18.9 Å². The first-order chi connectivity index (χ1) is 12.8. The monoisotopic (exact) mass is 378 g/mol. The molecule has 27 heavy (non-hydrogen) atoms. The molecular weight excluding hydrogens is 356 g/mol. The van der Waals surface area contributed by atoms with Crippen LogP contribution < -0.4 is 15.0 Å². The van der Waals surface area contributed by atoms with Gasteiger partial charge in [0.15, 0.2) is 6.10 Å². The standard InChI is InChI=1S/C18H22N2O7/c1-10-5-6-14(25-3)13(7-10)20-9-12(8-15(20)21)17(23)27-11(2)16(22)19-18(24)26-4/h5-7,11-12H,8-9H2,1-4H3,(H,19,22,24)/t11-,12-/m0/s1. The van der Waals surface area contributed by atoms with Gasteiger partial charge in [-0.05, 0) is 31.5 Å². The van der Waals surface area contributed by atoms with Gasteiger partial charge in [-0.2, -0.15) is 0 Å². The topological polar surface area (TPSA) is 111 Å². The summed E-state index contributed by atoms with van der Waals surface area (Å²) >= 11 is 0. The Morgan fingerprint density at radius 1 is 1.26 bits per heavy atom. The molecule has 0 radical (unpaired) electrons. The maximum atomic E-state index is 12.4. The Morgan fingerprint density at radius 2 is 1.96 bits per heavy atom. The van der Waals surface area contributed by atoms with Crippen molar-refractivity contribution in [1.82, 2.24) is 5.32 Å². The molecular formula is C18H22N2O7. The smallest absolute Gasteiger partial charge is 0.413 e. The molecule has 2 rings (SSSR count). The number of nitrogens with one attached hydrogen (secondary N) is 1. The minimum absolute atomic E-state index is 0.0404. The van der Waals surface area contributed by atoms with Crippen LogP contribution in [-0.4, -0.2) is 50.7 Å². The van der Waals surface area contributed by atoms with Crippen molar-refractivity contribution in [3.63, 3.8) is 0 Å². The molecule has 3 amide bonds. The number of aryl methyl sites for hydroxylation is 1. The average Bonchev–Trinajstić information content (AvgIpc) is 3.03. The van der Waals surface area contributed by atoms with Gasteiger partial charge in [0.05, 0.1) is 25.8 Å². The third-order valence-electron chi connectivity index (χ3n) is 4.16. The summed E-state index contributed by atoms with van der Waals surface area (Å²) in [7, 11) is 2.61. The summed E-state index contributed by atoms with van der Waals surface area (Å²) in [5.74, 6) is -1.95. The maximum Gasteiger partial charge on any atom is 0.413 e. The molecule has 0 aliphatic carbocycles. The van der Waals surface area contributed by atoms with E-state index in [9.17, 15) is 19.2 Å². The molecule has 1 aliphatic heterocycles. The number of benzene rings is 1. The number of esters is 1. The van der Waals surface area contributed by atoms with Crippen molar-refractivity contribution in [1.29, 1.82) is 0 Å². The number of anilines is 1. The number of rotatable bonds is 5. The number of imide groups is 1.